The number of hydrogen-bond donors (Lipinski definition) is 0. The summed E-state index contributed by atoms with van der Waals surface area (Å²) in [4.78, 5) is 21.7. The van der Waals surface area contributed by atoms with Gasteiger partial charge in [-0.25, -0.2) is 19.9 Å². The third-order valence-electron chi connectivity index (χ3n) is 29.2. The van der Waals surface area contributed by atoms with Crippen LogP contribution in [0.25, 0.3) is 223 Å². The minimum absolute atomic E-state index is 0.980. The molecule has 8 nitrogen and oxygen atoms in total. The van der Waals surface area contributed by atoms with Crippen molar-refractivity contribution in [2.75, 3.05) is 0 Å². The first-order valence-corrected chi connectivity index (χ1v) is 50.9. The molecule has 24 aromatic rings. The molecule has 8 heteroatoms. The number of nitrogens with zero attached hydrogens (tertiary/aromatic N) is 8. The quantitative estimate of drug-likeness (QED) is 0.0904. The van der Waals surface area contributed by atoms with Crippen LogP contribution in [0.1, 0.15) is 45.0 Å². The fraction of sp³-hybridized carbons (Fsp3) is 0.0857. The minimum atomic E-state index is 0.980. The average molecular weight is 1910 g/mol. The average Bonchev–Trinajstić information content (AvgIpc) is 0.859. The number of benzene rings is 20. The zero-order chi connectivity index (χ0) is 101. The van der Waals surface area contributed by atoms with Gasteiger partial charge in [0, 0.05) is 72.2 Å². The molecule has 0 unspecified atom stereocenters. The first-order valence-electron chi connectivity index (χ1n) is 50.9. The van der Waals surface area contributed by atoms with Crippen molar-refractivity contribution >= 4 is 43.1 Å². The van der Waals surface area contributed by atoms with Gasteiger partial charge in [-0.1, -0.05) is 461 Å². The molecule has 0 aliphatic rings. The van der Waals surface area contributed by atoms with Gasteiger partial charge in [-0.15, -0.1) is 0 Å². The maximum absolute atomic E-state index is 5.49. The van der Waals surface area contributed by atoms with E-state index >= 15 is 0 Å². The smallest absolute Gasteiger partial charge is 0.234 e. The molecule has 0 atom stereocenters. The molecule has 0 saturated carbocycles. The highest BCUT2D eigenvalue weighted by Crippen LogP contribution is 2.47. The molecule has 0 spiro atoms. The first kappa shape index (κ1) is 95.9. The summed E-state index contributed by atoms with van der Waals surface area (Å²) in [6, 6.07) is 172. The van der Waals surface area contributed by atoms with Crippen LogP contribution in [0.15, 0.2) is 485 Å². The van der Waals surface area contributed by atoms with Gasteiger partial charge in [0.2, 0.25) is 45.6 Å². The van der Waals surface area contributed by atoms with Gasteiger partial charge >= 0.3 is 0 Å². The van der Waals surface area contributed by atoms with Crippen molar-refractivity contribution in [1.82, 2.24) is 19.9 Å². The third-order valence-corrected chi connectivity index (χ3v) is 29.2. The van der Waals surface area contributed by atoms with E-state index in [2.05, 4.69) is 587 Å². The first-order chi connectivity index (χ1) is 72.5. The predicted molar refractivity (Wildman–Crippen MR) is 617 cm³/mol. The molecule has 0 N–H and O–H groups in total. The molecule has 0 aliphatic heterocycles. The highest BCUT2D eigenvalue weighted by atomic mass is 15.0. The molecule has 24 rings (SSSR count). The Morgan fingerprint density at radius 2 is 0.439 bits per heavy atom. The monoisotopic (exact) mass is 1910 g/mol. The summed E-state index contributed by atoms with van der Waals surface area (Å²) >= 11 is 0. The Kier molecular flexibility index (Phi) is 27.7. The molecular formula is C140H116N8+4. The van der Waals surface area contributed by atoms with E-state index in [4.69, 9.17) is 19.9 Å². The molecule has 0 radical (unpaired) electrons. The van der Waals surface area contributed by atoms with Gasteiger partial charge in [0.15, 0.2) is 0 Å². The topological polar surface area (TPSA) is 67.1 Å². The van der Waals surface area contributed by atoms with Crippen molar-refractivity contribution in [2.45, 2.75) is 55.4 Å². The van der Waals surface area contributed by atoms with E-state index in [1.54, 1.807) is 0 Å². The molecular weight excluding hydrogens is 1790 g/mol. The summed E-state index contributed by atoms with van der Waals surface area (Å²) in [6.07, 6.45) is 0. The number of aromatic nitrogens is 8. The fourth-order valence-electron chi connectivity index (χ4n) is 21.0. The van der Waals surface area contributed by atoms with Crippen LogP contribution in [-0.2, 0) is 28.2 Å². The van der Waals surface area contributed by atoms with E-state index < -0.39 is 0 Å². The predicted octanol–water partition coefficient (Wildman–Crippen LogP) is 33.4. The SMILES string of the molecule is Cc1cc2ccccc2cc1-c1c(-c2ccc3ccccc3c2)nc(-c2ccccc2)c(C)[n+]1C.Cc1ccc(-c2ccccc2)cc1-c1c(-c2cccc(-c3ccccc3)c2)nc(-c2ccccc2)c(C)[n+]1C.Cc1ccc2ccccc2c1-c1c(-c2cccc3ccccc23)nc(-c2ccccc2)c(C)[n+]1C.Cc1cccc(-c2ccccc2)c1-c1c(-c2ccccc2-c2ccccc2)nc(-c2ccccc2)c(C)[n+]1C. The summed E-state index contributed by atoms with van der Waals surface area (Å²) in [5.74, 6) is 0. The number of fused-ring (bicyclic) bond motifs is 4. The van der Waals surface area contributed by atoms with Crippen molar-refractivity contribution in [2.24, 2.45) is 28.2 Å². The van der Waals surface area contributed by atoms with Gasteiger partial charge in [0.05, 0.1) is 22.3 Å². The fourth-order valence-corrected chi connectivity index (χ4v) is 21.0. The Morgan fingerprint density at radius 1 is 0.142 bits per heavy atom. The minimum Gasteiger partial charge on any atom is -0.234 e. The van der Waals surface area contributed by atoms with Gasteiger partial charge in [0.25, 0.3) is 0 Å². The second-order valence-electron chi connectivity index (χ2n) is 38.4. The van der Waals surface area contributed by atoms with Crippen LogP contribution in [0.3, 0.4) is 0 Å². The standard InChI is InChI=1S/2C37H31N2.2C33H27N2/c1-26-16-15-25-32(29-19-9-5-10-20-29)34(26)37-36(33-24-14-13-23-31(33)28-17-7-4-8-18-28)38-35(27(2)39(37)3)30-21-11-6-12-22-30;1-26-22-23-32(29-16-9-5-10-17-29)25-34(26)37-36(33-21-13-20-31(24-33)28-14-7-4-8-15-28)38-35(27(2)39(37)3)30-18-11-6-12-19-30;1-22-20-21-25-13-8-10-18-28(25)30(22)33-32(29-19-11-16-24-12-7-9-17-27(24)29)34-31(23(2)35(33)3)26-14-5-4-6-15-26;1-22-19-26-14-9-10-16-28(26)21-30(22)33-32(29-18-17-24-11-7-8-15-27(24)20-29)34-31(23(2)35(33)3)25-12-5-4-6-13-25/h2*4-25H,1-3H3;2*4-21H,1-3H3/q4*+1. The summed E-state index contributed by atoms with van der Waals surface area (Å²) in [7, 11) is 8.68. The Labute approximate surface area is 868 Å². The van der Waals surface area contributed by atoms with Gasteiger partial charge < -0.3 is 0 Å². The van der Waals surface area contributed by atoms with Gasteiger partial charge in [-0.3, -0.25) is 0 Å². The Balaban J connectivity index is 0.000000116. The molecule has 20 aromatic carbocycles. The Bertz CT molecular complexity index is 9040. The van der Waals surface area contributed by atoms with E-state index in [9.17, 15) is 0 Å². The molecule has 0 bridgehead atoms. The summed E-state index contributed by atoms with van der Waals surface area (Å²) in [6.45, 7) is 17.5. The maximum Gasteiger partial charge on any atom is 0.240 e. The van der Waals surface area contributed by atoms with Crippen molar-refractivity contribution in [3.05, 3.63) is 530 Å². The van der Waals surface area contributed by atoms with Crippen LogP contribution in [0.5, 0.6) is 0 Å². The van der Waals surface area contributed by atoms with Gasteiger partial charge in [-0.05, 0) is 162 Å². The Hall–Kier alpha value is -18.2. The number of aryl methyl sites for hydroxylation is 4. The van der Waals surface area contributed by atoms with Crippen molar-refractivity contribution in [3.8, 4) is 180 Å². The molecule has 0 aliphatic carbocycles. The van der Waals surface area contributed by atoms with Crippen LogP contribution in [-0.4, -0.2) is 19.9 Å². The van der Waals surface area contributed by atoms with Crippen LogP contribution >= 0.6 is 0 Å². The van der Waals surface area contributed by atoms with Gasteiger partial charge in [-0.2, -0.15) is 18.3 Å². The maximum atomic E-state index is 5.49. The lowest BCUT2D eigenvalue weighted by atomic mass is 9.89. The summed E-state index contributed by atoms with van der Waals surface area (Å²) in [5.41, 5.74) is 45.3. The van der Waals surface area contributed by atoms with Crippen LogP contribution in [0, 0.1) is 55.4 Å². The lowest BCUT2D eigenvalue weighted by molar-refractivity contribution is -0.666. The van der Waals surface area contributed by atoms with E-state index in [0.717, 1.165) is 136 Å². The zero-order valence-corrected chi connectivity index (χ0v) is 85.8. The summed E-state index contributed by atoms with van der Waals surface area (Å²) in [5, 5.41) is 9.87. The second kappa shape index (κ2) is 42.7. The summed E-state index contributed by atoms with van der Waals surface area (Å²) < 4.78 is 9.30. The van der Waals surface area contributed by atoms with E-state index in [1.807, 2.05) is 0 Å². The van der Waals surface area contributed by atoms with Crippen molar-refractivity contribution in [1.29, 1.82) is 0 Å². The van der Waals surface area contributed by atoms with Crippen LogP contribution in [0.2, 0.25) is 0 Å². The molecule has 0 fully saturated rings. The largest absolute Gasteiger partial charge is 0.240 e. The molecule has 0 saturated heterocycles. The molecule has 712 valence electrons. The Morgan fingerprint density at radius 3 is 0.946 bits per heavy atom. The molecule has 0 amide bonds. The third kappa shape index (κ3) is 19.3. The number of rotatable bonds is 16. The molecule has 4 aromatic heterocycles. The second-order valence-corrected chi connectivity index (χ2v) is 38.4. The molecule has 4 heterocycles. The zero-order valence-electron chi connectivity index (χ0n) is 85.8. The number of hydrogen-bond acceptors (Lipinski definition) is 4. The lowest BCUT2D eigenvalue weighted by Crippen LogP contribution is -2.37. The van der Waals surface area contributed by atoms with E-state index in [-0.39, 0.29) is 0 Å². The highest BCUT2D eigenvalue weighted by molar-refractivity contribution is 6.05. The van der Waals surface area contributed by atoms with Crippen molar-refractivity contribution in [3.63, 3.8) is 0 Å². The normalized spacial score (nSPS) is 11.1. The van der Waals surface area contributed by atoms with E-state index in [1.165, 1.54) is 132 Å². The highest BCUT2D eigenvalue weighted by Gasteiger charge is 2.35. The van der Waals surface area contributed by atoms with Crippen LogP contribution in [0.4, 0.5) is 0 Å². The van der Waals surface area contributed by atoms with Gasteiger partial charge in [0.1, 0.15) is 73.7 Å². The van der Waals surface area contributed by atoms with E-state index in [0.29, 0.717) is 0 Å². The molecule has 148 heavy (non-hydrogen) atoms. The van der Waals surface area contributed by atoms with Crippen molar-refractivity contribution < 1.29 is 18.3 Å². The van der Waals surface area contributed by atoms with Crippen LogP contribution < -0.4 is 18.3 Å². The lowest BCUT2D eigenvalue weighted by Gasteiger charge is -2.18.